The highest BCUT2D eigenvalue weighted by Gasteiger charge is 2.33. The van der Waals surface area contributed by atoms with E-state index >= 15 is 0 Å². The Labute approximate surface area is 106 Å². The highest BCUT2D eigenvalue weighted by molar-refractivity contribution is 4.95. The minimum absolute atomic E-state index is 0.236. The van der Waals surface area contributed by atoms with Gasteiger partial charge >= 0.3 is 0 Å². The predicted molar refractivity (Wildman–Crippen MR) is 73.1 cm³/mol. The number of likely N-dealkylation sites (tertiary alicyclic amines) is 1. The molecule has 17 heavy (non-hydrogen) atoms. The Kier molecular flexibility index (Phi) is 4.45. The second-order valence-corrected chi connectivity index (χ2v) is 6.27. The molecule has 2 aliphatic rings. The predicted octanol–water partition coefficient (Wildman–Crippen LogP) is 1.58. The first kappa shape index (κ1) is 13.3. The molecule has 1 saturated carbocycles. The van der Waals surface area contributed by atoms with E-state index in [0.717, 1.165) is 12.5 Å². The molecule has 1 aliphatic heterocycles. The second kappa shape index (κ2) is 5.68. The zero-order valence-corrected chi connectivity index (χ0v) is 11.5. The molecule has 0 aromatic heterocycles. The van der Waals surface area contributed by atoms with E-state index in [4.69, 9.17) is 5.73 Å². The third-order valence-corrected chi connectivity index (χ3v) is 4.63. The van der Waals surface area contributed by atoms with Gasteiger partial charge in [-0.15, -0.1) is 0 Å². The fraction of sp³-hybridized carbons (Fsp3) is 1.00. The highest BCUT2D eigenvalue weighted by atomic mass is 15.2. The molecule has 0 atom stereocenters. The maximum atomic E-state index is 6.01. The van der Waals surface area contributed by atoms with Crippen molar-refractivity contribution in [3.63, 3.8) is 0 Å². The Morgan fingerprint density at radius 1 is 1.29 bits per heavy atom. The number of nitrogens with zero attached hydrogens (tertiary/aromatic N) is 1. The lowest BCUT2D eigenvalue weighted by atomic mass is 9.87. The first-order valence-electron chi connectivity index (χ1n) is 7.34. The molecule has 3 N–H and O–H groups in total. The summed E-state index contributed by atoms with van der Waals surface area (Å²) in [6, 6.07) is 0.678. The van der Waals surface area contributed by atoms with Crippen LogP contribution in [0, 0.1) is 5.92 Å². The summed E-state index contributed by atoms with van der Waals surface area (Å²) in [5, 5.41) is 3.76. The number of nitrogens with one attached hydrogen (secondary N) is 1. The van der Waals surface area contributed by atoms with Crippen LogP contribution in [0.3, 0.4) is 0 Å². The Morgan fingerprint density at radius 3 is 2.41 bits per heavy atom. The second-order valence-electron chi connectivity index (χ2n) is 6.27. The Balaban J connectivity index is 1.75. The van der Waals surface area contributed by atoms with E-state index in [9.17, 15) is 0 Å². The number of nitrogens with two attached hydrogens (primary N) is 1. The number of hydrogen-bond acceptors (Lipinski definition) is 3. The van der Waals surface area contributed by atoms with Crippen molar-refractivity contribution < 1.29 is 0 Å². The monoisotopic (exact) mass is 239 g/mol. The van der Waals surface area contributed by atoms with Crippen LogP contribution in [0.4, 0.5) is 0 Å². The van der Waals surface area contributed by atoms with Crippen molar-refractivity contribution in [1.29, 1.82) is 0 Å². The molecule has 1 saturated heterocycles. The number of piperidine rings is 1. The van der Waals surface area contributed by atoms with E-state index in [-0.39, 0.29) is 5.54 Å². The summed E-state index contributed by atoms with van der Waals surface area (Å²) in [4.78, 5) is 2.57. The lowest BCUT2D eigenvalue weighted by molar-refractivity contribution is 0.114. The first-order valence-corrected chi connectivity index (χ1v) is 7.34. The van der Waals surface area contributed by atoms with Gasteiger partial charge in [-0.3, -0.25) is 0 Å². The van der Waals surface area contributed by atoms with Crippen LogP contribution in [-0.2, 0) is 0 Å². The van der Waals surface area contributed by atoms with Crippen molar-refractivity contribution in [3.8, 4) is 0 Å². The van der Waals surface area contributed by atoms with Gasteiger partial charge in [-0.2, -0.15) is 0 Å². The van der Waals surface area contributed by atoms with E-state index in [2.05, 4.69) is 24.1 Å². The van der Waals surface area contributed by atoms with E-state index < -0.39 is 0 Å². The van der Waals surface area contributed by atoms with Crippen LogP contribution >= 0.6 is 0 Å². The van der Waals surface area contributed by atoms with Crippen molar-refractivity contribution >= 4 is 0 Å². The summed E-state index contributed by atoms with van der Waals surface area (Å²) in [6.07, 6.45) is 6.70. The Bertz CT molecular complexity index is 222. The molecule has 1 aliphatic carbocycles. The third kappa shape index (κ3) is 3.67. The molecule has 0 bridgehead atoms. The normalized spacial score (nSPS) is 25.4. The first-order chi connectivity index (χ1) is 8.15. The van der Waals surface area contributed by atoms with Crippen molar-refractivity contribution in [2.75, 3.05) is 26.2 Å². The smallest absolute Gasteiger partial charge is 0.0328 e. The molecule has 3 heteroatoms. The van der Waals surface area contributed by atoms with E-state index in [1.807, 2.05) is 0 Å². The molecule has 0 radical (unpaired) electrons. The summed E-state index contributed by atoms with van der Waals surface area (Å²) in [5.74, 6) is 1.02. The molecule has 0 unspecified atom stereocenters. The average molecular weight is 239 g/mol. The van der Waals surface area contributed by atoms with Gasteiger partial charge in [0.05, 0.1) is 0 Å². The van der Waals surface area contributed by atoms with Crippen LogP contribution in [-0.4, -0.2) is 42.7 Å². The molecule has 0 spiro atoms. The lowest BCUT2D eigenvalue weighted by Gasteiger charge is -2.43. The van der Waals surface area contributed by atoms with Crippen LogP contribution in [0.2, 0.25) is 0 Å². The Morgan fingerprint density at radius 2 is 1.94 bits per heavy atom. The van der Waals surface area contributed by atoms with E-state index in [1.54, 1.807) is 0 Å². The minimum Gasteiger partial charge on any atom is -0.329 e. The zero-order chi connectivity index (χ0) is 12.3. The lowest BCUT2D eigenvalue weighted by Crippen LogP contribution is -2.58. The molecule has 1 heterocycles. The fourth-order valence-electron chi connectivity index (χ4n) is 2.87. The van der Waals surface area contributed by atoms with Gasteiger partial charge in [0, 0.05) is 31.2 Å². The van der Waals surface area contributed by atoms with Gasteiger partial charge in [-0.05, 0) is 45.6 Å². The van der Waals surface area contributed by atoms with Gasteiger partial charge in [0.25, 0.3) is 0 Å². The number of rotatable bonds is 6. The fourth-order valence-corrected chi connectivity index (χ4v) is 2.87. The van der Waals surface area contributed by atoms with Gasteiger partial charge in [0.15, 0.2) is 0 Å². The van der Waals surface area contributed by atoms with E-state index in [1.165, 1.54) is 51.7 Å². The topological polar surface area (TPSA) is 41.3 Å². The van der Waals surface area contributed by atoms with Crippen LogP contribution in [0.15, 0.2) is 0 Å². The summed E-state index contributed by atoms with van der Waals surface area (Å²) in [6.45, 7) is 8.94. The molecule has 2 rings (SSSR count). The minimum atomic E-state index is 0.236. The highest BCUT2D eigenvalue weighted by Crippen LogP contribution is 2.32. The van der Waals surface area contributed by atoms with Gasteiger partial charge < -0.3 is 16.0 Å². The summed E-state index contributed by atoms with van der Waals surface area (Å²) in [7, 11) is 0. The van der Waals surface area contributed by atoms with Crippen LogP contribution in [0.5, 0.6) is 0 Å². The number of hydrogen-bond donors (Lipinski definition) is 2. The standard InChI is InChI=1S/C14H29N3/c1-12(2)17-9-6-14(11-15,7-10-17)16-8-5-13-3-4-13/h12-13,16H,3-11,15H2,1-2H3. The van der Waals surface area contributed by atoms with Gasteiger partial charge in [0.1, 0.15) is 0 Å². The largest absolute Gasteiger partial charge is 0.329 e. The van der Waals surface area contributed by atoms with Crippen molar-refractivity contribution in [2.24, 2.45) is 11.7 Å². The molecule has 0 amide bonds. The third-order valence-electron chi connectivity index (χ3n) is 4.63. The molecule has 100 valence electrons. The van der Waals surface area contributed by atoms with Gasteiger partial charge in [-0.1, -0.05) is 12.8 Å². The SMILES string of the molecule is CC(C)N1CCC(CN)(NCCC2CC2)CC1. The molecule has 0 aromatic carbocycles. The van der Waals surface area contributed by atoms with Crippen molar-refractivity contribution in [2.45, 2.75) is 57.5 Å². The zero-order valence-electron chi connectivity index (χ0n) is 11.5. The molecule has 0 aromatic rings. The van der Waals surface area contributed by atoms with Gasteiger partial charge in [0.2, 0.25) is 0 Å². The summed E-state index contributed by atoms with van der Waals surface area (Å²) in [5.41, 5.74) is 6.25. The molecule has 3 nitrogen and oxygen atoms in total. The van der Waals surface area contributed by atoms with Crippen LogP contribution in [0.25, 0.3) is 0 Å². The average Bonchev–Trinajstić information content (AvgIpc) is 3.14. The van der Waals surface area contributed by atoms with E-state index in [0.29, 0.717) is 6.04 Å². The maximum absolute atomic E-state index is 6.01. The molecule has 2 fully saturated rings. The molecular formula is C14H29N3. The van der Waals surface area contributed by atoms with Gasteiger partial charge in [-0.25, -0.2) is 0 Å². The molecular weight excluding hydrogens is 210 g/mol. The summed E-state index contributed by atoms with van der Waals surface area (Å²) < 4.78 is 0. The van der Waals surface area contributed by atoms with Crippen LogP contribution in [0.1, 0.15) is 46.0 Å². The van der Waals surface area contributed by atoms with Crippen molar-refractivity contribution in [1.82, 2.24) is 10.2 Å². The maximum Gasteiger partial charge on any atom is 0.0328 e. The van der Waals surface area contributed by atoms with Crippen molar-refractivity contribution in [3.05, 3.63) is 0 Å². The Hall–Kier alpha value is -0.120. The van der Waals surface area contributed by atoms with Crippen LogP contribution < -0.4 is 11.1 Å². The summed E-state index contributed by atoms with van der Waals surface area (Å²) >= 11 is 0. The quantitative estimate of drug-likeness (QED) is 0.739.